The Kier molecular flexibility index (Phi) is 3.60. The topological polar surface area (TPSA) is 29.5 Å². The Hall–Kier alpha value is -0.500. The zero-order chi connectivity index (χ0) is 8.86. The minimum absolute atomic E-state index is 0.423. The third-order valence-electron chi connectivity index (χ3n) is 2.39. The van der Waals surface area contributed by atoms with E-state index in [2.05, 4.69) is 0 Å². The highest BCUT2D eigenvalue weighted by atomic mass is 16.5. The zero-order valence-electron chi connectivity index (χ0n) is 7.75. The highest BCUT2D eigenvalue weighted by molar-refractivity contribution is 4.91. The summed E-state index contributed by atoms with van der Waals surface area (Å²) < 4.78 is 5.05. The lowest BCUT2D eigenvalue weighted by Crippen LogP contribution is -2.22. The molecule has 0 radical (unpaired) electrons. The largest absolute Gasteiger partial charge is 0.502 e. The molecule has 1 N–H and O–H groups in total. The summed E-state index contributed by atoms with van der Waals surface area (Å²) in [6, 6.07) is 0. The van der Waals surface area contributed by atoms with E-state index in [0.717, 1.165) is 19.3 Å². The quantitative estimate of drug-likeness (QED) is 0.656. The fourth-order valence-electron chi connectivity index (χ4n) is 1.67. The summed E-state index contributed by atoms with van der Waals surface area (Å²) in [6.45, 7) is 2.66. The lowest BCUT2D eigenvalue weighted by atomic mass is 9.98. The van der Waals surface area contributed by atoms with Crippen LogP contribution in [0.1, 0.15) is 39.0 Å². The van der Waals surface area contributed by atoms with Crippen LogP contribution in [0.3, 0.4) is 0 Å². The molecule has 0 aromatic heterocycles. The number of rotatable bonds is 4. The molecule has 1 saturated carbocycles. The van der Waals surface area contributed by atoms with Crippen LogP contribution in [0.5, 0.6) is 0 Å². The first-order valence-corrected chi connectivity index (χ1v) is 4.76. The Morgan fingerprint density at radius 1 is 1.42 bits per heavy atom. The van der Waals surface area contributed by atoms with E-state index in [1.807, 2.05) is 13.0 Å². The van der Waals surface area contributed by atoms with Crippen LogP contribution in [0.4, 0.5) is 0 Å². The minimum atomic E-state index is -0.423. The van der Waals surface area contributed by atoms with Crippen molar-refractivity contribution in [2.24, 2.45) is 0 Å². The van der Waals surface area contributed by atoms with Gasteiger partial charge in [0.2, 0.25) is 0 Å². The summed E-state index contributed by atoms with van der Waals surface area (Å²) in [5.41, 5.74) is -0.423. The number of ether oxygens (including phenoxy) is 1. The van der Waals surface area contributed by atoms with Gasteiger partial charge in [-0.1, -0.05) is 12.8 Å². The molecule has 1 rings (SSSR count). The third-order valence-corrected chi connectivity index (χ3v) is 2.39. The number of hydrogen-bond donors (Lipinski definition) is 1. The molecule has 0 bridgehead atoms. The van der Waals surface area contributed by atoms with E-state index < -0.39 is 5.60 Å². The molecular weight excluding hydrogens is 152 g/mol. The Balaban J connectivity index is 2.20. The molecule has 0 amide bonds. The first-order valence-electron chi connectivity index (χ1n) is 4.76. The molecule has 0 aromatic carbocycles. The number of aliphatic hydroxyl groups is 1. The van der Waals surface area contributed by atoms with Crippen molar-refractivity contribution in [2.45, 2.75) is 44.6 Å². The van der Waals surface area contributed by atoms with Gasteiger partial charge in [0.25, 0.3) is 0 Å². The summed E-state index contributed by atoms with van der Waals surface area (Å²) in [5.74, 6) is 0. The monoisotopic (exact) mass is 170 g/mol. The van der Waals surface area contributed by atoms with Crippen molar-refractivity contribution in [1.82, 2.24) is 0 Å². The van der Waals surface area contributed by atoms with E-state index in [-0.39, 0.29) is 0 Å². The second-order valence-corrected chi connectivity index (χ2v) is 3.46. The fraction of sp³-hybridized carbons (Fsp3) is 0.800. The molecule has 0 atom stereocenters. The second kappa shape index (κ2) is 4.51. The van der Waals surface area contributed by atoms with E-state index in [0.29, 0.717) is 6.61 Å². The Labute approximate surface area is 74.2 Å². The van der Waals surface area contributed by atoms with Crippen LogP contribution in [0.2, 0.25) is 0 Å². The van der Waals surface area contributed by atoms with Crippen LogP contribution in [0, 0.1) is 0 Å². The molecule has 0 heterocycles. The summed E-state index contributed by atoms with van der Waals surface area (Å²) in [5, 5.41) is 9.88. The van der Waals surface area contributed by atoms with Crippen LogP contribution >= 0.6 is 0 Å². The van der Waals surface area contributed by atoms with Crippen LogP contribution in [-0.4, -0.2) is 17.3 Å². The lowest BCUT2D eigenvalue weighted by molar-refractivity contribution is 0.0502. The van der Waals surface area contributed by atoms with Gasteiger partial charge >= 0.3 is 0 Å². The van der Waals surface area contributed by atoms with Gasteiger partial charge in [-0.25, -0.2) is 0 Å². The van der Waals surface area contributed by atoms with Gasteiger partial charge in [0.15, 0.2) is 0 Å². The average Bonchev–Trinajstić information content (AvgIpc) is 2.47. The molecule has 0 spiro atoms. The molecule has 0 aromatic rings. The highest BCUT2D eigenvalue weighted by Gasteiger charge is 2.29. The standard InChI is InChI=1S/C10H18O2/c1-2-12-9-5-8-10(11)6-3-4-7-10/h5,9,11H,2-4,6-8H2,1H3. The lowest BCUT2D eigenvalue weighted by Gasteiger charge is -2.19. The highest BCUT2D eigenvalue weighted by Crippen LogP contribution is 2.32. The molecule has 12 heavy (non-hydrogen) atoms. The van der Waals surface area contributed by atoms with Crippen molar-refractivity contribution in [1.29, 1.82) is 0 Å². The van der Waals surface area contributed by atoms with Crippen LogP contribution in [0.15, 0.2) is 12.3 Å². The van der Waals surface area contributed by atoms with Crippen molar-refractivity contribution >= 4 is 0 Å². The number of hydrogen-bond acceptors (Lipinski definition) is 2. The molecule has 2 nitrogen and oxygen atoms in total. The molecule has 1 aliphatic rings. The maximum atomic E-state index is 9.88. The Morgan fingerprint density at radius 2 is 2.08 bits per heavy atom. The molecule has 0 aliphatic heterocycles. The van der Waals surface area contributed by atoms with Gasteiger partial charge in [-0.3, -0.25) is 0 Å². The third kappa shape index (κ3) is 2.86. The van der Waals surface area contributed by atoms with Crippen molar-refractivity contribution in [3.63, 3.8) is 0 Å². The molecule has 70 valence electrons. The van der Waals surface area contributed by atoms with Gasteiger partial charge in [-0.05, 0) is 32.3 Å². The molecule has 0 unspecified atom stereocenters. The minimum Gasteiger partial charge on any atom is -0.502 e. The van der Waals surface area contributed by atoms with E-state index in [1.54, 1.807) is 6.26 Å². The maximum absolute atomic E-state index is 9.88. The summed E-state index contributed by atoms with van der Waals surface area (Å²) >= 11 is 0. The smallest absolute Gasteiger partial charge is 0.0845 e. The predicted molar refractivity (Wildman–Crippen MR) is 48.8 cm³/mol. The summed E-state index contributed by atoms with van der Waals surface area (Å²) in [6.07, 6.45) is 8.59. The van der Waals surface area contributed by atoms with Gasteiger partial charge in [0, 0.05) is 0 Å². The van der Waals surface area contributed by atoms with E-state index >= 15 is 0 Å². The van der Waals surface area contributed by atoms with Crippen molar-refractivity contribution < 1.29 is 9.84 Å². The Morgan fingerprint density at radius 3 is 2.67 bits per heavy atom. The first-order chi connectivity index (χ1) is 5.77. The van der Waals surface area contributed by atoms with Crippen molar-refractivity contribution in [3.05, 3.63) is 12.3 Å². The van der Waals surface area contributed by atoms with Gasteiger partial charge in [0.1, 0.15) is 0 Å². The Bertz CT molecular complexity index is 146. The van der Waals surface area contributed by atoms with Gasteiger partial charge in [0.05, 0.1) is 18.5 Å². The van der Waals surface area contributed by atoms with E-state index in [4.69, 9.17) is 4.74 Å². The second-order valence-electron chi connectivity index (χ2n) is 3.46. The average molecular weight is 170 g/mol. The van der Waals surface area contributed by atoms with Crippen LogP contribution in [0.25, 0.3) is 0 Å². The molecule has 0 saturated heterocycles. The maximum Gasteiger partial charge on any atom is 0.0845 e. The van der Waals surface area contributed by atoms with Crippen molar-refractivity contribution in [2.75, 3.05) is 6.61 Å². The zero-order valence-corrected chi connectivity index (χ0v) is 7.75. The predicted octanol–water partition coefficient (Wildman–Crippen LogP) is 2.23. The summed E-state index contributed by atoms with van der Waals surface area (Å²) in [7, 11) is 0. The van der Waals surface area contributed by atoms with Gasteiger partial charge < -0.3 is 9.84 Å². The van der Waals surface area contributed by atoms with Crippen LogP contribution < -0.4 is 0 Å². The van der Waals surface area contributed by atoms with E-state index in [9.17, 15) is 5.11 Å². The van der Waals surface area contributed by atoms with Gasteiger partial charge in [-0.2, -0.15) is 0 Å². The SMILES string of the molecule is CCOC=CCC1(O)CCCC1. The molecule has 1 fully saturated rings. The van der Waals surface area contributed by atoms with Crippen LogP contribution in [-0.2, 0) is 4.74 Å². The van der Waals surface area contributed by atoms with E-state index in [1.165, 1.54) is 12.8 Å². The van der Waals surface area contributed by atoms with Gasteiger partial charge in [-0.15, -0.1) is 0 Å². The normalized spacial score (nSPS) is 21.8. The molecule has 2 heteroatoms. The first kappa shape index (κ1) is 9.59. The summed E-state index contributed by atoms with van der Waals surface area (Å²) in [4.78, 5) is 0. The molecule has 1 aliphatic carbocycles. The van der Waals surface area contributed by atoms with Crippen molar-refractivity contribution in [3.8, 4) is 0 Å². The fourth-order valence-corrected chi connectivity index (χ4v) is 1.67. The molecular formula is C10H18O2.